The minimum absolute atomic E-state index is 0. The molecule has 0 spiro atoms. The van der Waals surface area contributed by atoms with Gasteiger partial charge in [0.25, 0.3) is 0 Å². The van der Waals surface area contributed by atoms with Crippen LogP contribution in [0.5, 0.6) is 0 Å². The van der Waals surface area contributed by atoms with Gasteiger partial charge in [0.2, 0.25) is 0 Å². The van der Waals surface area contributed by atoms with Gasteiger partial charge in [-0.15, -0.1) is 0 Å². The predicted octanol–water partition coefficient (Wildman–Crippen LogP) is 3.83. The fourth-order valence-electron chi connectivity index (χ4n) is 2.70. The first kappa shape index (κ1) is 14.7. The molecule has 0 aromatic heterocycles. The number of hydrogen-bond donors (Lipinski definition) is 0. The smallest absolute Gasteiger partial charge is 0.342 e. The van der Waals surface area contributed by atoms with E-state index < -0.39 is 0 Å². The van der Waals surface area contributed by atoms with Gasteiger partial charge in [0.1, 0.15) is 0 Å². The Morgan fingerprint density at radius 1 is 0.786 bits per heavy atom. The summed E-state index contributed by atoms with van der Waals surface area (Å²) >= 11 is 0. The van der Waals surface area contributed by atoms with Crippen LogP contribution in [0.2, 0.25) is 0 Å². The maximum atomic E-state index is 4.29. The van der Waals surface area contributed by atoms with Gasteiger partial charge in [0.15, 0.2) is 0 Å². The quantitative estimate of drug-likeness (QED) is 0.453. The van der Waals surface area contributed by atoms with Gasteiger partial charge in [-0.1, -0.05) is 46.0 Å². The van der Waals surface area contributed by atoms with E-state index in [0.29, 0.717) is 11.8 Å². The molecule has 14 heavy (non-hydrogen) atoms. The standard InChI is InChI=1S/C13H24.W/c1-8-7-9(2)11(4)13(6)12(5)10(8)3;/h8-13H,3,5,7H2,1-2,4,6H3;/q-2;+2. The van der Waals surface area contributed by atoms with Crippen molar-refractivity contribution in [1.29, 1.82) is 0 Å². The van der Waals surface area contributed by atoms with Gasteiger partial charge >= 0.3 is 21.1 Å². The van der Waals surface area contributed by atoms with E-state index in [2.05, 4.69) is 41.5 Å². The molecule has 0 aliphatic heterocycles. The molecule has 0 N–H and O–H groups in total. The fraction of sp³-hybridized carbons (Fsp3) is 0.846. The van der Waals surface area contributed by atoms with E-state index in [1.807, 2.05) is 0 Å². The van der Waals surface area contributed by atoms with Crippen molar-refractivity contribution in [2.45, 2.75) is 34.1 Å². The molecule has 1 saturated carbocycles. The molecular weight excluding hydrogens is 340 g/mol. The van der Waals surface area contributed by atoms with Crippen LogP contribution in [0.1, 0.15) is 34.1 Å². The summed E-state index contributed by atoms with van der Waals surface area (Å²) in [6, 6.07) is 0. The van der Waals surface area contributed by atoms with Crippen molar-refractivity contribution in [1.82, 2.24) is 0 Å². The second-order valence-electron chi connectivity index (χ2n) is 5.24. The second kappa shape index (κ2) is 5.69. The van der Waals surface area contributed by atoms with Crippen LogP contribution in [0.3, 0.4) is 0 Å². The van der Waals surface area contributed by atoms with Crippen molar-refractivity contribution >= 4 is 0 Å². The molecule has 0 bridgehead atoms. The van der Waals surface area contributed by atoms with E-state index in [9.17, 15) is 0 Å². The molecule has 0 amide bonds. The molecule has 6 atom stereocenters. The molecule has 1 rings (SSSR count). The van der Waals surface area contributed by atoms with Crippen molar-refractivity contribution in [3.8, 4) is 0 Å². The van der Waals surface area contributed by atoms with Crippen molar-refractivity contribution in [2.24, 2.45) is 35.5 Å². The van der Waals surface area contributed by atoms with Crippen LogP contribution in [0.15, 0.2) is 0 Å². The zero-order chi connectivity index (χ0) is 10.2. The normalized spacial score (nSPS) is 49.3. The molecule has 1 fully saturated rings. The molecule has 0 saturated heterocycles. The Bertz CT molecular complexity index is 149. The summed E-state index contributed by atoms with van der Waals surface area (Å²) in [5.41, 5.74) is 0. The summed E-state index contributed by atoms with van der Waals surface area (Å²) in [7, 11) is 0. The van der Waals surface area contributed by atoms with Crippen molar-refractivity contribution in [3.63, 3.8) is 0 Å². The molecule has 0 heterocycles. The second-order valence-corrected chi connectivity index (χ2v) is 5.24. The van der Waals surface area contributed by atoms with Crippen LogP contribution < -0.4 is 0 Å². The third-order valence-corrected chi connectivity index (χ3v) is 4.43. The van der Waals surface area contributed by atoms with Crippen molar-refractivity contribution < 1.29 is 21.1 Å². The van der Waals surface area contributed by atoms with E-state index in [1.165, 1.54) is 6.42 Å². The minimum Gasteiger partial charge on any atom is -0.342 e. The molecule has 0 aromatic carbocycles. The molecule has 1 aliphatic rings. The van der Waals surface area contributed by atoms with Gasteiger partial charge in [-0.2, -0.15) is 11.8 Å². The van der Waals surface area contributed by atoms with E-state index in [0.717, 1.165) is 23.7 Å². The first-order valence-electron chi connectivity index (χ1n) is 5.61. The largest absolute Gasteiger partial charge is 2.00 e. The van der Waals surface area contributed by atoms with Gasteiger partial charge in [0, 0.05) is 0 Å². The van der Waals surface area contributed by atoms with E-state index in [1.54, 1.807) is 0 Å². The van der Waals surface area contributed by atoms with Crippen molar-refractivity contribution in [2.75, 3.05) is 0 Å². The zero-order valence-electron chi connectivity index (χ0n) is 9.99. The molecule has 0 radical (unpaired) electrons. The van der Waals surface area contributed by atoms with Crippen LogP contribution in [0, 0.1) is 49.4 Å². The predicted molar refractivity (Wildman–Crippen MR) is 59.0 cm³/mol. The summed E-state index contributed by atoms with van der Waals surface area (Å²) in [6.45, 7) is 18.0. The Kier molecular flexibility index (Phi) is 5.96. The van der Waals surface area contributed by atoms with Crippen LogP contribution in [-0.4, -0.2) is 0 Å². The van der Waals surface area contributed by atoms with Gasteiger partial charge in [-0.05, 0) is 11.8 Å². The zero-order valence-corrected chi connectivity index (χ0v) is 12.9. The summed E-state index contributed by atoms with van der Waals surface area (Å²) in [4.78, 5) is 0. The SMILES string of the molecule is [CH2-]C1C(C)CC(C)C(C)C(C)C1[CH2-].[W+2]. The Morgan fingerprint density at radius 3 is 1.79 bits per heavy atom. The van der Waals surface area contributed by atoms with Gasteiger partial charge in [0.05, 0.1) is 0 Å². The maximum Gasteiger partial charge on any atom is 2.00 e. The molecule has 6 unspecified atom stereocenters. The number of hydrogen-bond acceptors (Lipinski definition) is 0. The Labute approximate surface area is 105 Å². The van der Waals surface area contributed by atoms with Crippen LogP contribution in [-0.2, 0) is 21.1 Å². The third kappa shape index (κ3) is 2.84. The Balaban J connectivity index is 0.00000169. The Morgan fingerprint density at radius 2 is 1.29 bits per heavy atom. The molecule has 82 valence electrons. The van der Waals surface area contributed by atoms with Gasteiger partial charge in [-0.3, -0.25) is 0 Å². The van der Waals surface area contributed by atoms with E-state index in [-0.39, 0.29) is 21.1 Å². The van der Waals surface area contributed by atoms with E-state index in [4.69, 9.17) is 0 Å². The third-order valence-electron chi connectivity index (χ3n) is 4.43. The average Bonchev–Trinajstić information content (AvgIpc) is 2.15. The fourth-order valence-corrected chi connectivity index (χ4v) is 2.70. The topological polar surface area (TPSA) is 0 Å². The van der Waals surface area contributed by atoms with Crippen molar-refractivity contribution in [3.05, 3.63) is 13.8 Å². The average molecular weight is 364 g/mol. The van der Waals surface area contributed by atoms with Gasteiger partial charge in [-0.25, -0.2) is 0 Å². The molecule has 1 aliphatic carbocycles. The van der Waals surface area contributed by atoms with Crippen LogP contribution in [0.25, 0.3) is 0 Å². The molecule has 1 heteroatoms. The van der Waals surface area contributed by atoms with Gasteiger partial charge < -0.3 is 13.8 Å². The van der Waals surface area contributed by atoms with Crippen LogP contribution >= 0.6 is 0 Å². The molecular formula is C13H24W. The van der Waals surface area contributed by atoms with Crippen LogP contribution in [0.4, 0.5) is 0 Å². The summed E-state index contributed by atoms with van der Waals surface area (Å²) < 4.78 is 0. The Hall–Kier alpha value is 0.688. The monoisotopic (exact) mass is 364 g/mol. The van der Waals surface area contributed by atoms with E-state index >= 15 is 0 Å². The minimum atomic E-state index is 0. The first-order valence-corrected chi connectivity index (χ1v) is 5.61. The number of rotatable bonds is 0. The molecule has 0 aromatic rings. The summed E-state index contributed by atoms with van der Waals surface area (Å²) in [5, 5.41) is 0. The summed E-state index contributed by atoms with van der Waals surface area (Å²) in [5.74, 6) is 4.18. The maximum absolute atomic E-state index is 4.29. The first-order chi connectivity index (χ1) is 5.95. The summed E-state index contributed by atoms with van der Waals surface area (Å²) in [6.07, 6.45) is 1.33. The molecule has 0 nitrogen and oxygen atoms in total.